The van der Waals surface area contributed by atoms with Crippen molar-refractivity contribution >= 4 is 0 Å². The van der Waals surface area contributed by atoms with Crippen LogP contribution in [-0.4, -0.2) is 75.8 Å². The second kappa shape index (κ2) is 7.18. The number of nitrogens with one attached hydrogen (secondary N) is 1. The molecule has 1 spiro atoms. The second-order valence-electron chi connectivity index (χ2n) is 6.24. The Kier molecular flexibility index (Phi) is 5.29. The minimum absolute atomic E-state index is 0.104. The van der Waals surface area contributed by atoms with E-state index in [0.29, 0.717) is 6.04 Å². The predicted molar refractivity (Wildman–Crippen MR) is 77.0 cm³/mol. The highest BCUT2D eigenvalue weighted by Gasteiger charge is 2.38. The van der Waals surface area contributed by atoms with Gasteiger partial charge in [-0.05, 0) is 25.7 Å². The third-order valence-electron chi connectivity index (χ3n) is 4.86. The number of ether oxygens (including phenoxy) is 3. The van der Waals surface area contributed by atoms with Crippen molar-refractivity contribution in [3.8, 4) is 0 Å². The van der Waals surface area contributed by atoms with Crippen molar-refractivity contribution in [2.24, 2.45) is 0 Å². The molecule has 0 aliphatic carbocycles. The summed E-state index contributed by atoms with van der Waals surface area (Å²) in [6, 6.07) is 0.614. The maximum Gasteiger partial charge on any atom is 0.0741 e. The third-order valence-corrected chi connectivity index (χ3v) is 4.86. The molecule has 0 bridgehead atoms. The van der Waals surface area contributed by atoms with E-state index < -0.39 is 0 Å². The van der Waals surface area contributed by atoms with Crippen molar-refractivity contribution in [2.45, 2.75) is 37.3 Å². The van der Waals surface area contributed by atoms with Gasteiger partial charge in [-0.15, -0.1) is 0 Å². The summed E-state index contributed by atoms with van der Waals surface area (Å²) in [5, 5.41) is 3.74. The molecule has 3 rings (SSSR count). The first-order valence-electron chi connectivity index (χ1n) is 8.12. The Morgan fingerprint density at radius 2 is 1.75 bits per heavy atom. The SMILES string of the molecule is C(CN1CCOCC1)NC1CCOC2(CCOCC2)C1. The molecular formula is C15H28N2O3. The maximum absolute atomic E-state index is 6.09. The summed E-state index contributed by atoms with van der Waals surface area (Å²) in [5.74, 6) is 0. The van der Waals surface area contributed by atoms with Crippen molar-refractivity contribution in [1.82, 2.24) is 10.2 Å². The smallest absolute Gasteiger partial charge is 0.0741 e. The van der Waals surface area contributed by atoms with E-state index >= 15 is 0 Å². The summed E-state index contributed by atoms with van der Waals surface area (Å²) >= 11 is 0. The molecule has 20 heavy (non-hydrogen) atoms. The lowest BCUT2D eigenvalue weighted by Crippen LogP contribution is -2.51. The summed E-state index contributed by atoms with van der Waals surface area (Å²) in [4.78, 5) is 2.49. The van der Waals surface area contributed by atoms with Crippen molar-refractivity contribution in [1.29, 1.82) is 0 Å². The van der Waals surface area contributed by atoms with Crippen molar-refractivity contribution < 1.29 is 14.2 Å². The summed E-state index contributed by atoms with van der Waals surface area (Å²) in [5.41, 5.74) is 0.104. The zero-order chi connectivity index (χ0) is 13.7. The van der Waals surface area contributed by atoms with Gasteiger partial charge in [-0.1, -0.05) is 0 Å². The lowest BCUT2D eigenvalue weighted by molar-refractivity contribution is -0.140. The molecule has 3 aliphatic rings. The van der Waals surface area contributed by atoms with E-state index in [2.05, 4.69) is 10.2 Å². The van der Waals surface area contributed by atoms with Crippen LogP contribution in [-0.2, 0) is 14.2 Å². The zero-order valence-electron chi connectivity index (χ0n) is 12.4. The molecule has 0 saturated carbocycles. The maximum atomic E-state index is 6.09. The highest BCUT2D eigenvalue weighted by atomic mass is 16.5. The van der Waals surface area contributed by atoms with E-state index in [0.717, 1.165) is 84.9 Å². The van der Waals surface area contributed by atoms with Gasteiger partial charge in [0.15, 0.2) is 0 Å². The Morgan fingerprint density at radius 3 is 2.55 bits per heavy atom. The molecule has 3 aliphatic heterocycles. The lowest BCUT2D eigenvalue weighted by Gasteiger charge is -2.43. The molecule has 0 aromatic carbocycles. The Bertz CT molecular complexity index is 283. The molecule has 3 fully saturated rings. The quantitative estimate of drug-likeness (QED) is 0.820. The van der Waals surface area contributed by atoms with Gasteiger partial charge in [-0.3, -0.25) is 4.90 Å². The summed E-state index contributed by atoms with van der Waals surface area (Å²) < 4.78 is 16.9. The third kappa shape index (κ3) is 3.92. The molecule has 3 saturated heterocycles. The van der Waals surface area contributed by atoms with Crippen LogP contribution in [0, 0.1) is 0 Å². The molecule has 116 valence electrons. The zero-order valence-corrected chi connectivity index (χ0v) is 12.4. The monoisotopic (exact) mass is 284 g/mol. The molecule has 0 aromatic rings. The Labute approximate surface area is 121 Å². The van der Waals surface area contributed by atoms with Gasteiger partial charge in [0, 0.05) is 52.0 Å². The van der Waals surface area contributed by atoms with Crippen molar-refractivity contribution in [2.75, 3.05) is 59.2 Å². The fourth-order valence-electron chi connectivity index (χ4n) is 3.55. The normalized spacial score (nSPS) is 31.5. The fraction of sp³-hybridized carbons (Fsp3) is 1.00. The summed E-state index contributed by atoms with van der Waals surface area (Å²) in [6.07, 6.45) is 4.43. The van der Waals surface area contributed by atoms with Crippen molar-refractivity contribution in [3.63, 3.8) is 0 Å². The van der Waals surface area contributed by atoms with Gasteiger partial charge in [0.25, 0.3) is 0 Å². The summed E-state index contributed by atoms with van der Waals surface area (Å²) in [6.45, 7) is 8.78. The molecule has 0 radical (unpaired) electrons. The van der Waals surface area contributed by atoms with E-state index in [9.17, 15) is 0 Å². The highest BCUT2D eigenvalue weighted by Crippen LogP contribution is 2.34. The molecule has 5 heteroatoms. The van der Waals surface area contributed by atoms with Crippen LogP contribution in [0.15, 0.2) is 0 Å². The molecular weight excluding hydrogens is 256 g/mol. The van der Waals surface area contributed by atoms with Crippen LogP contribution in [0.3, 0.4) is 0 Å². The van der Waals surface area contributed by atoms with Gasteiger partial charge in [0.1, 0.15) is 0 Å². The molecule has 0 amide bonds. The number of rotatable bonds is 4. The van der Waals surface area contributed by atoms with Crippen LogP contribution in [0.5, 0.6) is 0 Å². The average Bonchev–Trinajstić information content (AvgIpc) is 2.49. The Hall–Kier alpha value is -0.200. The Morgan fingerprint density at radius 1 is 1.00 bits per heavy atom. The largest absolute Gasteiger partial charge is 0.381 e. The van der Waals surface area contributed by atoms with E-state index in [4.69, 9.17) is 14.2 Å². The van der Waals surface area contributed by atoms with Gasteiger partial charge in [-0.2, -0.15) is 0 Å². The second-order valence-corrected chi connectivity index (χ2v) is 6.24. The first-order valence-corrected chi connectivity index (χ1v) is 8.12. The number of hydrogen-bond acceptors (Lipinski definition) is 5. The molecule has 1 N–H and O–H groups in total. The van der Waals surface area contributed by atoms with Crippen LogP contribution >= 0.6 is 0 Å². The van der Waals surface area contributed by atoms with Crippen molar-refractivity contribution in [3.05, 3.63) is 0 Å². The first-order chi connectivity index (χ1) is 9.86. The fourth-order valence-corrected chi connectivity index (χ4v) is 3.55. The molecule has 1 atom stereocenters. The highest BCUT2D eigenvalue weighted by molar-refractivity contribution is 4.91. The van der Waals surface area contributed by atoms with E-state index in [1.165, 1.54) is 0 Å². The standard InChI is InChI=1S/C15H28N2O3/c1-8-20-15(2-9-18-10-3-15)13-14(1)16-4-5-17-6-11-19-12-7-17/h14,16H,1-13H2. The number of nitrogens with zero attached hydrogens (tertiary/aromatic N) is 1. The van der Waals surface area contributed by atoms with Gasteiger partial charge >= 0.3 is 0 Å². The first kappa shape index (κ1) is 14.7. The predicted octanol–water partition coefficient (Wildman–Crippen LogP) is 0.636. The molecule has 5 nitrogen and oxygen atoms in total. The van der Waals surface area contributed by atoms with E-state index in [1.54, 1.807) is 0 Å². The minimum atomic E-state index is 0.104. The Balaban J connectivity index is 1.38. The van der Waals surface area contributed by atoms with E-state index in [1.807, 2.05) is 0 Å². The summed E-state index contributed by atoms with van der Waals surface area (Å²) in [7, 11) is 0. The average molecular weight is 284 g/mol. The molecule has 0 aromatic heterocycles. The number of morpholine rings is 1. The molecule has 1 unspecified atom stereocenters. The number of hydrogen-bond donors (Lipinski definition) is 1. The topological polar surface area (TPSA) is 43.0 Å². The lowest BCUT2D eigenvalue weighted by atomic mass is 9.84. The van der Waals surface area contributed by atoms with Crippen LogP contribution < -0.4 is 5.32 Å². The van der Waals surface area contributed by atoms with Crippen LogP contribution in [0.1, 0.15) is 25.7 Å². The van der Waals surface area contributed by atoms with Gasteiger partial charge in [0.05, 0.1) is 18.8 Å². The minimum Gasteiger partial charge on any atom is -0.381 e. The van der Waals surface area contributed by atoms with Gasteiger partial charge in [-0.25, -0.2) is 0 Å². The van der Waals surface area contributed by atoms with Gasteiger partial charge in [0.2, 0.25) is 0 Å². The van der Waals surface area contributed by atoms with Crippen LogP contribution in [0.2, 0.25) is 0 Å². The van der Waals surface area contributed by atoms with Crippen LogP contribution in [0.4, 0.5) is 0 Å². The molecule has 3 heterocycles. The van der Waals surface area contributed by atoms with E-state index in [-0.39, 0.29) is 5.60 Å². The van der Waals surface area contributed by atoms with Crippen LogP contribution in [0.25, 0.3) is 0 Å². The van der Waals surface area contributed by atoms with Gasteiger partial charge < -0.3 is 19.5 Å².